The lowest BCUT2D eigenvalue weighted by molar-refractivity contribution is 0.455. The topological polar surface area (TPSA) is 55.5 Å². The monoisotopic (exact) mass is 254 g/mol. The lowest BCUT2D eigenvalue weighted by Crippen LogP contribution is -2.20. The van der Waals surface area contributed by atoms with Gasteiger partial charge in [-0.1, -0.05) is 31.0 Å². The highest BCUT2D eigenvalue weighted by molar-refractivity contribution is 5.61. The number of hydrogen-bond donors (Lipinski definition) is 0. The van der Waals surface area contributed by atoms with Gasteiger partial charge in [0.15, 0.2) is 0 Å². The van der Waals surface area contributed by atoms with Gasteiger partial charge in [-0.05, 0) is 24.5 Å². The Labute approximate surface area is 111 Å². The number of benzene rings is 1. The lowest BCUT2D eigenvalue weighted by atomic mass is 9.85. The van der Waals surface area contributed by atoms with Gasteiger partial charge in [-0.2, -0.15) is 4.99 Å². The average Bonchev–Trinajstić information content (AvgIpc) is 3.11. The molecule has 0 amide bonds. The molecule has 1 aliphatic rings. The third kappa shape index (κ3) is 2.00. The van der Waals surface area contributed by atoms with E-state index in [9.17, 15) is 4.79 Å². The van der Waals surface area contributed by atoms with Crippen molar-refractivity contribution in [1.29, 1.82) is 0 Å². The predicted octanol–water partition coefficient (Wildman–Crippen LogP) is 3.45. The Morgan fingerprint density at radius 2 is 2.05 bits per heavy atom. The average molecular weight is 254 g/mol. The van der Waals surface area contributed by atoms with E-state index in [-0.39, 0.29) is 0 Å². The van der Waals surface area contributed by atoms with E-state index in [1.54, 1.807) is 18.5 Å². The zero-order valence-corrected chi connectivity index (χ0v) is 10.5. The van der Waals surface area contributed by atoms with Crippen LogP contribution in [0.2, 0.25) is 0 Å². The zero-order valence-electron chi connectivity index (χ0n) is 10.5. The predicted molar refractivity (Wildman–Crippen MR) is 70.2 cm³/mol. The van der Waals surface area contributed by atoms with Crippen molar-refractivity contribution in [3.05, 3.63) is 42.3 Å². The fourth-order valence-electron chi connectivity index (χ4n) is 2.92. The van der Waals surface area contributed by atoms with Crippen LogP contribution in [-0.4, -0.2) is 11.1 Å². The Morgan fingerprint density at radius 1 is 1.26 bits per heavy atom. The third-order valence-electron chi connectivity index (χ3n) is 3.78. The van der Waals surface area contributed by atoms with Gasteiger partial charge in [0.25, 0.3) is 0 Å². The lowest BCUT2D eigenvalue weighted by Gasteiger charge is -2.24. The molecule has 0 unspecified atom stereocenters. The molecule has 0 aliphatic heterocycles. The molecule has 3 rings (SSSR count). The van der Waals surface area contributed by atoms with Gasteiger partial charge in [-0.3, -0.25) is 0 Å². The maximum absolute atomic E-state index is 10.8. The summed E-state index contributed by atoms with van der Waals surface area (Å²) in [5, 5.41) is 0. The number of aromatic nitrogens is 1. The number of hydrogen-bond acceptors (Lipinski definition) is 4. The van der Waals surface area contributed by atoms with Crippen LogP contribution in [0.5, 0.6) is 0 Å². The van der Waals surface area contributed by atoms with E-state index in [2.05, 4.69) is 9.98 Å². The fourth-order valence-corrected chi connectivity index (χ4v) is 2.92. The second-order valence-electron chi connectivity index (χ2n) is 4.82. The number of nitrogens with zero attached hydrogens (tertiary/aromatic N) is 2. The smallest absolute Gasteiger partial charge is 0.235 e. The molecular weight excluding hydrogens is 240 g/mol. The Bertz CT molecular complexity index is 607. The normalized spacial score (nSPS) is 17.1. The fraction of sp³-hybridized carbons (Fsp3) is 0.333. The van der Waals surface area contributed by atoms with Crippen molar-refractivity contribution >= 4 is 6.08 Å². The second kappa shape index (κ2) is 4.82. The molecule has 0 atom stereocenters. The largest absolute Gasteiger partial charge is 0.445 e. The van der Waals surface area contributed by atoms with Crippen LogP contribution in [0.3, 0.4) is 0 Å². The maximum atomic E-state index is 10.8. The summed E-state index contributed by atoms with van der Waals surface area (Å²) in [6.45, 7) is 0. The van der Waals surface area contributed by atoms with Gasteiger partial charge in [0.2, 0.25) is 12.0 Å². The van der Waals surface area contributed by atoms with Crippen LogP contribution in [-0.2, 0) is 10.3 Å². The summed E-state index contributed by atoms with van der Waals surface area (Å²) in [5.41, 5.74) is 1.47. The van der Waals surface area contributed by atoms with E-state index < -0.39 is 5.54 Å². The van der Waals surface area contributed by atoms with Crippen LogP contribution < -0.4 is 0 Å². The number of rotatable bonds is 3. The molecule has 1 saturated carbocycles. The van der Waals surface area contributed by atoms with E-state index in [4.69, 9.17) is 4.42 Å². The minimum atomic E-state index is -0.452. The minimum absolute atomic E-state index is 0.452. The zero-order chi connectivity index (χ0) is 13.1. The molecule has 0 saturated heterocycles. The van der Waals surface area contributed by atoms with Crippen molar-refractivity contribution in [3.8, 4) is 11.5 Å². The summed E-state index contributed by atoms with van der Waals surface area (Å²) < 4.78 is 5.39. The maximum Gasteiger partial charge on any atom is 0.235 e. The van der Waals surface area contributed by atoms with E-state index >= 15 is 0 Å². The van der Waals surface area contributed by atoms with Gasteiger partial charge >= 0.3 is 0 Å². The summed E-state index contributed by atoms with van der Waals surface area (Å²) in [4.78, 5) is 19.1. The molecule has 4 heteroatoms. The first-order chi connectivity index (χ1) is 9.36. The number of oxazole rings is 1. The van der Waals surface area contributed by atoms with Crippen LogP contribution in [0.4, 0.5) is 0 Å². The molecule has 1 heterocycles. The molecule has 96 valence electrons. The molecular formula is C15H14N2O2. The van der Waals surface area contributed by atoms with Gasteiger partial charge in [0, 0.05) is 5.56 Å². The molecule has 0 N–H and O–H groups in total. The second-order valence-corrected chi connectivity index (χ2v) is 4.82. The molecule has 0 radical (unpaired) electrons. The standard InChI is InChI=1S/C15H14N2O2/c18-11-17-15(7-3-4-8-15)13-6-2-1-5-12(13)14-16-9-10-19-14/h1-2,5-6,9-10H,3-4,7-8H2. The van der Waals surface area contributed by atoms with Crippen LogP contribution in [0.15, 0.2) is 46.1 Å². The summed E-state index contributed by atoms with van der Waals surface area (Å²) >= 11 is 0. The van der Waals surface area contributed by atoms with Crippen molar-refractivity contribution < 1.29 is 9.21 Å². The van der Waals surface area contributed by atoms with E-state index in [1.807, 2.05) is 24.3 Å². The molecule has 0 bridgehead atoms. The van der Waals surface area contributed by atoms with E-state index in [0.29, 0.717) is 5.89 Å². The van der Waals surface area contributed by atoms with Crippen molar-refractivity contribution in [3.63, 3.8) is 0 Å². The van der Waals surface area contributed by atoms with Crippen LogP contribution in [0.25, 0.3) is 11.5 Å². The van der Waals surface area contributed by atoms with Gasteiger partial charge < -0.3 is 4.42 Å². The first-order valence-electron chi connectivity index (χ1n) is 6.44. The van der Waals surface area contributed by atoms with Gasteiger partial charge in [0.1, 0.15) is 6.26 Å². The molecule has 2 aromatic rings. The van der Waals surface area contributed by atoms with Crippen LogP contribution in [0, 0.1) is 0 Å². The summed E-state index contributed by atoms with van der Waals surface area (Å²) in [6, 6.07) is 7.87. The van der Waals surface area contributed by atoms with Crippen molar-refractivity contribution in [2.45, 2.75) is 31.2 Å². The van der Waals surface area contributed by atoms with E-state index in [0.717, 1.165) is 36.8 Å². The van der Waals surface area contributed by atoms with Gasteiger partial charge in [-0.25, -0.2) is 9.78 Å². The highest BCUT2D eigenvalue weighted by atomic mass is 16.3. The number of carbonyl (C=O) groups excluding carboxylic acids is 1. The Balaban J connectivity index is 2.17. The quantitative estimate of drug-likeness (QED) is 0.622. The molecule has 1 aromatic carbocycles. The van der Waals surface area contributed by atoms with Crippen molar-refractivity contribution in [1.82, 2.24) is 4.98 Å². The Hall–Kier alpha value is -2.19. The van der Waals surface area contributed by atoms with Crippen molar-refractivity contribution in [2.24, 2.45) is 4.99 Å². The SMILES string of the molecule is O=C=NC1(c2ccccc2-c2ncco2)CCCC1. The van der Waals surface area contributed by atoms with Crippen LogP contribution >= 0.6 is 0 Å². The highest BCUT2D eigenvalue weighted by Gasteiger charge is 2.37. The van der Waals surface area contributed by atoms with E-state index in [1.165, 1.54) is 0 Å². The van der Waals surface area contributed by atoms with Gasteiger partial charge in [0.05, 0.1) is 11.7 Å². The Kier molecular flexibility index (Phi) is 3.02. The number of aliphatic imine (C=N–C) groups is 1. The molecule has 1 aromatic heterocycles. The molecule has 0 spiro atoms. The first kappa shape index (κ1) is 11.9. The Morgan fingerprint density at radius 3 is 2.74 bits per heavy atom. The minimum Gasteiger partial charge on any atom is -0.445 e. The van der Waals surface area contributed by atoms with Crippen LogP contribution in [0.1, 0.15) is 31.2 Å². The summed E-state index contributed by atoms with van der Waals surface area (Å²) in [6.07, 6.45) is 8.82. The summed E-state index contributed by atoms with van der Waals surface area (Å²) in [5.74, 6) is 0.572. The molecule has 1 aliphatic carbocycles. The highest BCUT2D eigenvalue weighted by Crippen LogP contribution is 2.45. The molecule has 1 fully saturated rings. The molecule has 4 nitrogen and oxygen atoms in total. The number of isocyanates is 1. The summed E-state index contributed by atoms with van der Waals surface area (Å²) in [7, 11) is 0. The van der Waals surface area contributed by atoms with Crippen molar-refractivity contribution in [2.75, 3.05) is 0 Å². The molecule has 19 heavy (non-hydrogen) atoms. The van der Waals surface area contributed by atoms with Gasteiger partial charge in [-0.15, -0.1) is 0 Å². The first-order valence-corrected chi connectivity index (χ1v) is 6.44. The third-order valence-corrected chi connectivity index (χ3v) is 3.78.